The molecule has 2 heterocycles. The van der Waals surface area contributed by atoms with E-state index < -0.39 is 0 Å². The third-order valence-electron chi connectivity index (χ3n) is 3.38. The van der Waals surface area contributed by atoms with Gasteiger partial charge in [0.15, 0.2) is 11.6 Å². The quantitative estimate of drug-likeness (QED) is 0.813. The summed E-state index contributed by atoms with van der Waals surface area (Å²) in [4.78, 5) is 21.3. The van der Waals surface area contributed by atoms with Crippen LogP contribution < -0.4 is 5.01 Å². The van der Waals surface area contributed by atoms with E-state index in [1.807, 2.05) is 60.7 Å². The third-order valence-corrected chi connectivity index (χ3v) is 3.38. The van der Waals surface area contributed by atoms with E-state index in [1.165, 1.54) is 0 Å². The number of hydrazine groups is 1. The fourth-order valence-electron chi connectivity index (χ4n) is 2.29. The van der Waals surface area contributed by atoms with Crippen molar-refractivity contribution in [2.24, 2.45) is 5.92 Å². The Kier molecular flexibility index (Phi) is 3.96. The molecule has 110 valence electrons. The van der Waals surface area contributed by atoms with E-state index in [-0.39, 0.29) is 11.8 Å². The molecule has 0 radical (unpaired) electrons. The largest absolute Gasteiger partial charge is 0.272 e. The second kappa shape index (κ2) is 6.22. The van der Waals surface area contributed by atoms with Crippen molar-refractivity contribution in [3.63, 3.8) is 0 Å². The Morgan fingerprint density at radius 3 is 1.95 bits per heavy atom. The lowest BCUT2D eigenvalue weighted by Gasteiger charge is -2.32. The number of carbonyl (C=O) groups is 1. The highest BCUT2D eigenvalue weighted by Crippen LogP contribution is 2.24. The first-order valence-corrected chi connectivity index (χ1v) is 7.02. The molecule has 0 aromatic carbocycles. The van der Waals surface area contributed by atoms with Gasteiger partial charge in [-0.3, -0.25) is 4.79 Å². The molecule has 0 spiro atoms. The first kappa shape index (κ1) is 14.0. The molecule has 22 heavy (non-hydrogen) atoms. The maximum Gasteiger partial charge on any atom is 0.252 e. The molecule has 0 aliphatic heterocycles. The first-order chi connectivity index (χ1) is 10.8. The minimum atomic E-state index is -0.250. The molecule has 5 nitrogen and oxygen atoms in total. The normalized spacial score (nSPS) is 13.3. The smallest absolute Gasteiger partial charge is 0.252 e. The van der Waals surface area contributed by atoms with E-state index in [0.29, 0.717) is 11.6 Å². The molecule has 0 saturated carbocycles. The molecular weight excluding hydrogens is 276 g/mol. The Hall–Kier alpha value is -2.95. The number of carbonyl (C=O) groups excluding carboxylic acids is 1. The van der Waals surface area contributed by atoms with Gasteiger partial charge < -0.3 is 0 Å². The Morgan fingerprint density at radius 2 is 1.50 bits per heavy atom. The van der Waals surface area contributed by atoms with E-state index in [4.69, 9.17) is 0 Å². The summed E-state index contributed by atoms with van der Waals surface area (Å²) in [6.45, 7) is 0. The van der Waals surface area contributed by atoms with Crippen LogP contribution in [0.4, 0.5) is 11.6 Å². The molecule has 0 unspecified atom stereocenters. The molecule has 0 saturated heterocycles. The van der Waals surface area contributed by atoms with Gasteiger partial charge >= 0.3 is 0 Å². The Labute approximate surface area is 129 Å². The number of amides is 1. The number of aromatic nitrogens is 2. The zero-order valence-corrected chi connectivity index (χ0v) is 12.2. The summed E-state index contributed by atoms with van der Waals surface area (Å²) in [6, 6.07) is 11.1. The number of nitrogens with zero attached hydrogens (tertiary/aromatic N) is 4. The van der Waals surface area contributed by atoms with Gasteiger partial charge in [0.25, 0.3) is 5.91 Å². The highest BCUT2D eigenvalue weighted by Gasteiger charge is 2.26. The van der Waals surface area contributed by atoms with Crippen molar-refractivity contribution in [2.45, 2.75) is 0 Å². The third kappa shape index (κ3) is 2.74. The summed E-state index contributed by atoms with van der Waals surface area (Å²) in [7, 11) is 1.73. The summed E-state index contributed by atoms with van der Waals surface area (Å²) >= 11 is 0. The maximum absolute atomic E-state index is 12.7. The van der Waals surface area contributed by atoms with Crippen molar-refractivity contribution >= 4 is 17.5 Å². The summed E-state index contributed by atoms with van der Waals surface area (Å²) in [6.07, 6.45) is 10.9. The Balaban J connectivity index is 1.96. The van der Waals surface area contributed by atoms with Crippen molar-refractivity contribution in [1.82, 2.24) is 15.0 Å². The molecule has 3 rings (SSSR count). The van der Waals surface area contributed by atoms with Gasteiger partial charge in [-0.1, -0.05) is 36.4 Å². The minimum Gasteiger partial charge on any atom is -0.272 e. The van der Waals surface area contributed by atoms with Crippen molar-refractivity contribution in [3.8, 4) is 0 Å². The minimum absolute atomic E-state index is 0.0405. The second-order valence-corrected chi connectivity index (χ2v) is 4.85. The summed E-state index contributed by atoms with van der Waals surface area (Å²) in [5.74, 6) is 0.993. The van der Waals surface area contributed by atoms with Crippen LogP contribution in [0.3, 0.4) is 0 Å². The standard InChI is InChI=1S/C17H16N4O/c1-20(17(22)14-8-2-3-9-14)21(15-10-4-6-12-18-15)16-11-5-7-13-19-16/h2-14H,1H3. The number of allylic oxidation sites excluding steroid dienone is 2. The highest BCUT2D eigenvalue weighted by molar-refractivity contribution is 5.85. The second-order valence-electron chi connectivity index (χ2n) is 4.85. The van der Waals surface area contributed by atoms with Crippen LogP contribution in [0.5, 0.6) is 0 Å². The van der Waals surface area contributed by atoms with Crippen molar-refractivity contribution in [1.29, 1.82) is 0 Å². The zero-order valence-electron chi connectivity index (χ0n) is 12.2. The number of pyridine rings is 2. The average molecular weight is 292 g/mol. The number of anilines is 2. The first-order valence-electron chi connectivity index (χ1n) is 7.02. The van der Waals surface area contributed by atoms with Gasteiger partial charge in [0.2, 0.25) is 0 Å². The molecule has 0 fully saturated rings. The lowest BCUT2D eigenvalue weighted by Crippen LogP contribution is -2.43. The molecule has 0 bridgehead atoms. The van der Waals surface area contributed by atoms with Gasteiger partial charge in [0, 0.05) is 19.4 Å². The van der Waals surface area contributed by atoms with Gasteiger partial charge in [-0.05, 0) is 24.3 Å². The van der Waals surface area contributed by atoms with Crippen LogP contribution in [0.15, 0.2) is 73.1 Å². The van der Waals surface area contributed by atoms with Crippen LogP contribution in [0, 0.1) is 5.92 Å². The molecule has 0 N–H and O–H groups in total. The molecule has 2 aromatic heterocycles. The van der Waals surface area contributed by atoms with Crippen LogP contribution in [0.25, 0.3) is 0 Å². The van der Waals surface area contributed by atoms with Gasteiger partial charge in [0.1, 0.15) is 0 Å². The molecule has 0 atom stereocenters. The molecule has 1 amide bonds. The Bertz CT molecular complexity index is 646. The van der Waals surface area contributed by atoms with Gasteiger partial charge in [-0.2, -0.15) is 0 Å². The summed E-state index contributed by atoms with van der Waals surface area (Å²) in [5.41, 5.74) is 0. The van der Waals surface area contributed by atoms with E-state index in [2.05, 4.69) is 9.97 Å². The molecular formula is C17H16N4O. The fourth-order valence-corrected chi connectivity index (χ4v) is 2.29. The lowest BCUT2D eigenvalue weighted by atomic mass is 10.1. The van der Waals surface area contributed by atoms with Crippen molar-refractivity contribution < 1.29 is 4.79 Å². The van der Waals surface area contributed by atoms with Crippen LogP contribution >= 0.6 is 0 Å². The molecule has 1 aliphatic carbocycles. The summed E-state index contributed by atoms with van der Waals surface area (Å²) < 4.78 is 0. The average Bonchev–Trinajstić information content (AvgIpc) is 3.11. The molecule has 2 aromatic rings. The number of rotatable bonds is 4. The zero-order chi connectivity index (χ0) is 15.4. The van der Waals surface area contributed by atoms with E-state index >= 15 is 0 Å². The molecule has 5 heteroatoms. The van der Waals surface area contributed by atoms with E-state index in [0.717, 1.165) is 0 Å². The van der Waals surface area contributed by atoms with Crippen molar-refractivity contribution in [3.05, 3.63) is 73.1 Å². The van der Waals surface area contributed by atoms with Crippen molar-refractivity contribution in [2.75, 3.05) is 12.1 Å². The maximum atomic E-state index is 12.7. The summed E-state index contributed by atoms with van der Waals surface area (Å²) in [5, 5.41) is 3.26. The SMILES string of the molecule is CN(C(=O)C1C=CC=C1)N(c1ccccn1)c1ccccn1. The Morgan fingerprint density at radius 1 is 0.955 bits per heavy atom. The number of hydrogen-bond acceptors (Lipinski definition) is 4. The van der Waals surface area contributed by atoms with Crippen LogP contribution in [-0.4, -0.2) is 27.9 Å². The van der Waals surface area contributed by atoms with Crippen LogP contribution in [0.1, 0.15) is 0 Å². The predicted molar refractivity (Wildman–Crippen MR) is 85.2 cm³/mol. The topological polar surface area (TPSA) is 49.3 Å². The van der Waals surface area contributed by atoms with Gasteiger partial charge in [-0.25, -0.2) is 20.0 Å². The van der Waals surface area contributed by atoms with Gasteiger partial charge in [0.05, 0.1) is 5.92 Å². The molecule has 1 aliphatic rings. The van der Waals surface area contributed by atoms with E-state index in [9.17, 15) is 4.79 Å². The van der Waals surface area contributed by atoms with Crippen LogP contribution in [0.2, 0.25) is 0 Å². The lowest BCUT2D eigenvalue weighted by molar-refractivity contribution is -0.131. The van der Waals surface area contributed by atoms with Crippen LogP contribution in [-0.2, 0) is 4.79 Å². The van der Waals surface area contributed by atoms with Gasteiger partial charge in [-0.15, -0.1) is 0 Å². The fraction of sp³-hybridized carbons (Fsp3) is 0.118. The highest BCUT2D eigenvalue weighted by atomic mass is 16.2. The predicted octanol–water partition coefficient (Wildman–Crippen LogP) is 2.73. The van der Waals surface area contributed by atoms with E-state index in [1.54, 1.807) is 29.5 Å². The monoisotopic (exact) mass is 292 g/mol. The number of hydrogen-bond donors (Lipinski definition) is 0.